The highest BCUT2D eigenvalue weighted by Crippen LogP contribution is 2.24. The Morgan fingerprint density at radius 3 is 2.50 bits per heavy atom. The number of carbonyl (C=O) groups is 1. The summed E-state index contributed by atoms with van der Waals surface area (Å²) in [6.07, 6.45) is 1.51. The van der Waals surface area contributed by atoms with Gasteiger partial charge in [0.1, 0.15) is 11.5 Å². The predicted molar refractivity (Wildman–Crippen MR) is 77.4 cm³/mol. The summed E-state index contributed by atoms with van der Waals surface area (Å²) in [6.45, 7) is 7.53. The molecule has 0 amide bonds. The maximum Gasteiger partial charge on any atom is 0.356 e. The maximum absolute atomic E-state index is 11.4. The zero-order valence-electron chi connectivity index (χ0n) is 11.7. The molecule has 7 heteroatoms. The molecule has 0 radical (unpaired) electrons. The number of aromatic carboxylic acids is 1. The summed E-state index contributed by atoms with van der Waals surface area (Å²) in [4.78, 5) is 19.8. The molecule has 0 saturated carbocycles. The van der Waals surface area contributed by atoms with Crippen LogP contribution in [0.25, 0.3) is 5.69 Å². The zero-order chi connectivity index (χ0) is 15.0. The van der Waals surface area contributed by atoms with E-state index < -0.39 is 5.97 Å². The van der Waals surface area contributed by atoms with E-state index in [1.807, 2.05) is 27.7 Å². The highest BCUT2D eigenvalue weighted by molar-refractivity contribution is 9.10. The Morgan fingerprint density at radius 2 is 2.05 bits per heavy atom. The highest BCUT2D eigenvalue weighted by Gasteiger charge is 2.20. The van der Waals surface area contributed by atoms with Crippen LogP contribution >= 0.6 is 15.9 Å². The molecule has 20 heavy (non-hydrogen) atoms. The van der Waals surface area contributed by atoms with Crippen LogP contribution in [0.4, 0.5) is 0 Å². The summed E-state index contributed by atoms with van der Waals surface area (Å²) in [6, 6.07) is 0. The number of rotatable bonds is 3. The van der Waals surface area contributed by atoms with Crippen LogP contribution < -0.4 is 0 Å². The summed E-state index contributed by atoms with van der Waals surface area (Å²) >= 11 is 3.42. The molecule has 0 aliphatic carbocycles. The van der Waals surface area contributed by atoms with E-state index in [1.165, 1.54) is 6.20 Å². The third-order valence-electron chi connectivity index (χ3n) is 2.94. The van der Waals surface area contributed by atoms with Crippen molar-refractivity contribution >= 4 is 21.9 Å². The van der Waals surface area contributed by atoms with Gasteiger partial charge in [-0.05, 0) is 29.8 Å². The van der Waals surface area contributed by atoms with Crippen LogP contribution in [0.3, 0.4) is 0 Å². The number of nitrogens with zero attached hydrogens (tertiary/aromatic N) is 4. The third-order valence-corrected chi connectivity index (χ3v) is 4.09. The number of aromatic nitrogens is 4. The van der Waals surface area contributed by atoms with Crippen molar-refractivity contribution < 1.29 is 9.90 Å². The molecular formula is C13H15BrN4O2. The van der Waals surface area contributed by atoms with Gasteiger partial charge in [0, 0.05) is 5.92 Å². The van der Waals surface area contributed by atoms with Crippen LogP contribution in [0.2, 0.25) is 0 Å². The van der Waals surface area contributed by atoms with E-state index >= 15 is 0 Å². The topological polar surface area (TPSA) is 80.9 Å². The summed E-state index contributed by atoms with van der Waals surface area (Å²) in [7, 11) is 0. The quantitative estimate of drug-likeness (QED) is 0.930. The van der Waals surface area contributed by atoms with Crippen molar-refractivity contribution in [3.63, 3.8) is 0 Å². The molecule has 0 aliphatic rings. The van der Waals surface area contributed by atoms with Crippen LogP contribution in [0.15, 0.2) is 10.7 Å². The molecule has 0 bridgehead atoms. The molecule has 0 aliphatic heterocycles. The number of hydrogen-bond donors (Lipinski definition) is 1. The van der Waals surface area contributed by atoms with Gasteiger partial charge in [-0.3, -0.25) is 0 Å². The summed E-state index contributed by atoms with van der Waals surface area (Å²) in [5.41, 5.74) is 1.92. The van der Waals surface area contributed by atoms with Gasteiger partial charge in [0.2, 0.25) is 0 Å². The normalized spacial score (nSPS) is 11.1. The lowest BCUT2D eigenvalue weighted by atomic mass is 10.2. The van der Waals surface area contributed by atoms with Gasteiger partial charge >= 0.3 is 5.97 Å². The van der Waals surface area contributed by atoms with Crippen molar-refractivity contribution in [2.24, 2.45) is 0 Å². The standard InChI is InChI=1S/C13H15BrN4O2/c1-6(2)12-15-5-9(11(16-12)13(19)20)18-8(4)10(14)7(3)17-18/h5-6H,1-4H3,(H,19,20). The zero-order valence-corrected chi connectivity index (χ0v) is 13.3. The van der Waals surface area contributed by atoms with E-state index in [4.69, 9.17) is 0 Å². The van der Waals surface area contributed by atoms with Gasteiger partial charge in [0.25, 0.3) is 0 Å². The molecule has 0 fully saturated rings. The molecular weight excluding hydrogens is 324 g/mol. The number of carboxylic acids is 1. The van der Waals surface area contributed by atoms with Gasteiger partial charge < -0.3 is 5.11 Å². The molecule has 2 heterocycles. The lowest BCUT2D eigenvalue weighted by Crippen LogP contribution is -2.13. The molecule has 0 atom stereocenters. The third kappa shape index (κ3) is 2.45. The van der Waals surface area contributed by atoms with Crippen molar-refractivity contribution in [1.82, 2.24) is 19.7 Å². The van der Waals surface area contributed by atoms with Gasteiger partial charge in [-0.1, -0.05) is 13.8 Å². The van der Waals surface area contributed by atoms with E-state index in [-0.39, 0.29) is 11.6 Å². The minimum atomic E-state index is -1.09. The minimum absolute atomic E-state index is 0.0400. The van der Waals surface area contributed by atoms with E-state index in [1.54, 1.807) is 4.68 Å². The monoisotopic (exact) mass is 338 g/mol. The van der Waals surface area contributed by atoms with Crippen molar-refractivity contribution in [3.05, 3.63) is 33.6 Å². The first-order chi connectivity index (χ1) is 9.32. The average molecular weight is 339 g/mol. The highest BCUT2D eigenvalue weighted by atomic mass is 79.9. The van der Waals surface area contributed by atoms with E-state index in [0.717, 1.165) is 15.9 Å². The first kappa shape index (κ1) is 14.6. The summed E-state index contributed by atoms with van der Waals surface area (Å²) in [5, 5.41) is 13.7. The molecule has 2 rings (SSSR count). The van der Waals surface area contributed by atoms with Gasteiger partial charge in [-0.2, -0.15) is 5.10 Å². The minimum Gasteiger partial charge on any atom is -0.476 e. The molecule has 106 valence electrons. The maximum atomic E-state index is 11.4. The first-order valence-corrected chi connectivity index (χ1v) is 6.94. The Balaban J connectivity index is 2.67. The van der Waals surface area contributed by atoms with Gasteiger partial charge in [-0.15, -0.1) is 0 Å². The second-order valence-electron chi connectivity index (χ2n) is 4.82. The lowest BCUT2D eigenvalue weighted by Gasteiger charge is -2.10. The second-order valence-corrected chi connectivity index (χ2v) is 5.61. The van der Waals surface area contributed by atoms with Crippen molar-refractivity contribution in [2.45, 2.75) is 33.6 Å². The Labute approximate surface area is 125 Å². The lowest BCUT2D eigenvalue weighted by molar-refractivity contribution is 0.0689. The molecule has 0 aromatic carbocycles. The van der Waals surface area contributed by atoms with Crippen LogP contribution in [0.5, 0.6) is 0 Å². The van der Waals surface area contributed by atoms with Crippen molar-refractivity contribution in [2.75, 3.05) is 0 Å². The van der Waals surface area contributed by atoms with Gasteiger partial charge in [-0.25, -0.2) is 19.4 Å². The molecule has 2 aromatic rings. The number of halogens is 1. The molecule has 2 aromatic heterocycles. The summed E-state index contributed by atoms with van der Waals surface area (Å²) < 4.78 is 2.40. The fourth-order valence-electron chi connectivity index (χ4n) is 1.84. The van der Waals surface area contributed by atoms with Crippen LogP contribution in [-0.2, 0) is 0 Å². The number of carboxylic acid groups (broad SMARTS) is 1. The smallest absolute Gasteiger partial charge is 0.356 e. The predicted octanol–water partition coefficient (Wildman–Crippen LogP) is 2.86. The van der Waals surface area contributed by atoms with Crippen molar-refractivity contribution in [1.29, 1.82) is 0 Å². The van der Waals surface area contributed by atoms with Crippen LogP contribution in [0.1, 0.15) is 47.5 Å². The summed E-state index contributed by atoms with van der Waals surface area (Å²) in [5.74, 6) is -0.519. The van der Waals surface area contributed by atoms with E-state index in [0.29, 0.717) is 11.5 Å². The Hall–Kier alpha value is -1.76. The Kier molecular flexibility index (Phi) is 3.89. The van der Waals surface area contributed by atoms with E-state index in [2.05, 4.69) is 31.0 Å². The first-order valence-electron chi connectivity index (χ1n) is 6.15. The Morgan fingerprint density at radius 1 is 1.40 bits per heavy atom. The molecule has 1 N–H and O–H groups in total. The molecule has 0 spiro atoms. The van der Waals surface area contributed by atoms with Gasteiger partial charge in [0.05, 0.1) is 22.1 Å². The fourth-order valence-corrected chi connectivity index (χ4v) is 2.09. The second kappa shape index (κ2) is 5.32. The number of hydrogen-bond acceptors (Lipinski definition) is 4. The van der Waals surface area contributed by atoms with Crippen LogP contribution in [-0.4, -0.2) is 30.8 Å². The molecule has 0 unspecified atom stereocenters. The van der Waals surface area contributed by atoms with E-state index in [9.17, 15) is 9.90 Å². The SMILES string of the molecule is Cc1nn(-c2cnc(C(C)C)nc2C(=O)O)c(C)c1Br. The molecule has 6 nitrogen and oxygen atoms in total. The van der Waals surface area contributed by atoms with Crippen molar-refractivity contribution in [3.8, 4) is 5.69 Å². The fraction of sp³-hybridized carbons (Fsp3) is 0.385. The molecule has 0 saturated heterocycles. The van der Waals surface area contributed by atoms with Crippen LogP contribution in [0, 0.1) is 13.8 Å². The van der Waals surface area contributed by atoms with Gasteiger partial charge in [0.15, 0.2) is 5.69 Å². The number of aryl methyl sites for hydroxylation is 1. The largest absolute Gasteiger partial charge is 0.476 e. The average Bonchev–Trinajstić information content (AvgIpc) is 2.65. The Bertz CT molecular complexity index is 679.